The molecule has 0 saturated heterocycles. The Labute approximate surface area is 71.4 Å². The first-order valence-electron chi connectivity index (χ1n) is 3.31. The third-order valence-corrected chi connectivity index (χ3v) is 2.87. The van der Waals surface area contributed by atoms with Gasteiger partial charge in [0.25, 0.3) is 0 Å². The third-order valence-electron chi connectivity index (χ3n) is 1.76. The normalized spacial score (nSPS) is 22.4. The van der Waals surface area contributed by atoms with Gasteiger partial charge in [-0.1, -0.05) is 5.57 Å². The SMILES string of the molecule is C1=NCCC2=C1SCC2.Cl. The lowest BCUT2D eigenvalue weighted by Crippen LogP contribution is -1.94. The van der Waals surface area contributed by atoms with Crippen molar-refractivity contribution in [2.75, 3.05) is 12.3 Å². The molecule has 0 bridgehead atoms. The first kappa shape index (κ1) is 8.15. The van der Waals surface area contributed by atoms with Crippen molar-refractivity contribution in [1.29, 1.82) is 0 Å². The number of dihydropyridines is 1. The van der Waals surface area contributed by atoms with Crippen LogP contribution < -0.4 is 0 Å². The van der Waals surface area contributed by atoms with E-state index in [1.54, 1.807) is 5.57 Å². The Balaban J connectivity index is 0.000000500. The van der Waals surface area contributed by atoms with Crippen molar-refractivity contribution in [2.45, 2.75) is 12.8 Å². The van der Waals surface area contributed by atoms with Gasteiger partial charge in [-0.2, -0.15) is 0 Å². The molecule has 0 amide bonds. The smallest absolute Gasteiger partial charge is 0.0427 e. The van der Waals surface area contributed by atoms with Crippen molar-refractivity contribution < 1.29 is 0 Å². The maximum absolute atomic E-state index is 4.22. The van der Waals surface area contributed by atoms with Crippen molar-refractivity contribution in [3.05, 3.63) is 10.5 Å². The summed E-state index contributed by atoms with van der Waals surface area (Å²) in [5.41, 5.74) is 1.65. The second-order valence-electron chi connectivity index (χ2n) is 2.35. The molecule has 0 spiro atoms. The largest absolute Gasteiger partial charge is 0.292 e. The molecule has 0 unspecified atom stereocenters. The van der Waals surface area contributed by atoms with E-state index < -0.39 is 0 Å². The van der Waals surface area contributed by atoms with Gasteiger partial charge in [0.1, 0.15) is 0 Å². The van der Waals surface area contributed by atoms with Crippen LogP contribution in [0.2, 0.25) is 0 Å². The zero-order chi connectivity index (χ0) is 6.10. The zero-order valence-corrected chi connectivity index (χ0v) is 7.30. The van der Waals surface area contributed by atoms with Gasteiger partial charge in [0, 0.05) is 23.4 Å². The van der Waals surface area contributed by atoms with Gasteiger partial charge in [-0.25, -0.2) is 0 Å². The summed E-state index contributed by atoms with van der Waals surface area (Å²) >= 11 is 1.96. The monoisotopic (exact) mass is 175 g/mol. The molecule has 2 aliphatic heterocycles. The number of hydrogen-bond acceptors (Lipinski definition) is 2. The lowest BCUT2D eigenvalue weighted by molar-refractivity contribution is 0.898. The summed E-state index contributed by atoms with van der Waals surface area (Å²) < 4.78 is 0. The van der Waals surface area contributed by atoms with E-state index in [1.807, 2.05) is 18.0 Å². The van der Waals surface area contributed by atoms with Crippen molar-refractivity contribution in [2.24, 2.45) is 4.99 Å². The Morgan fingerprint density at radius 1 is 1.40 bits per heavy atom. The Morgan fingerprint density at radius 3 is 3.10 bits per heavy atom. The lowest BCUT2D eigenvalue weighted by atomic mass is 10.1. The summed E-state index contributed by atoms with van der Waals surface area (Å²) in [6.45, 7) is 1.03. The molecule has 0 N–H and O–H groups in total. The molecule has 56 valence electrons. The molecule has 1 nitrogen and oxygen atoms in total. The maximum atomic E-state index is 4.22. The molecule has 0 aromatic carbocycles. The summed E-state index contributed by atoms with van der Waals surface area (Å²) in [7, 11) is 0. The summed E-state index contributed by atoms with van der Waals surface area (Å²) in [6, 6.07) is 0. The molecule has 0 aromatic rings. The molecule has 3 heteroatoms. The van der Waals surface area contributed by atoms with Crippen LogP contribution in [0.4, 0.5) is 0 Å². The second kappa shape index (κ2) is 3.44. The second-order valence-corrected chi connectivity index (χ2v) is 3.49. The number of hydrogen-bond donors (Lipinski definition) is 0. The average Bonchev–Trinajstić information content (AvgIpc) is 2.33. The van der Waals surface area contributed by atoms with Crippen LogP contribution in [0.25, 0.3) is 0 Å². The molecular formula is C7H10ClNS. The fourth-order valence-corrected chi connectivity index (χ4v) is 2.36. The molecule has 0 saturated carbocycles. The summed E-state index contributed by atoms with van der Waals surface area (Å²) in [6.07, 6.45) is 4.57. The number of aliphatic imine (C=N–C) groups is 1. The molecule has 0 fully saturated rings. The Hall–Kier alpha value is 0.0500. The minimum Gasteiger partial charge on any atom is -0.292 e. The standard InChI is InChI=1S/C7H9NS.ClH/c1-3-8-5-7-6(1)2-4-9-7;/h5H,1-4H2;1H. The predicted octanol–water partition coefficient (Wildman–Crippen LogP) is 2.27. The van der Waals surface area contributed by atoms with Crippen LogP contribution in [0, 0.1) is 0 Å². The van der Waals surface area contributed by atoms with Crippen LogP contribution in [-0.2, 0) is 0 Å². The Bertz CT molecular complexity index is 186. The van der Waals surface area contributed by atoms with Crippen LogP contribution in [0.3, 0.4) is 0 Å². The molecule has 0 atom stereocenters. The molecule has 2 aliphatic rings. The van der Waals surface area contributed by atoms with Crippen molar-refractivity contribution in [1.82, 2.24) is 0 Å². The minimum atomic E-state index is 0. The van der Waals surface area contributed by atoms with Gasteiger partial charge >= 0.3 is 0 Å². The number of thioether (sulfide) groups is 1. The number of halogens is 1. The summed E-state index contributed by atoms with van der Waals surface area (Å²) in [5, 5.41) is 0. The summed E-state index contributed by atoms with van der Waals surface area (Å²) in [5.74, 6) is 1.29. The first-order valence-corrected chi connectivity index (χ1v) is 4.30. The van der Waals surface area contributed by atoms with Crippen LogP contribution in [0.15, 0.2) is 15.5 Å². The number of allylic oxidation sites excluding steroid dienone is 1. The van der Waals surface area contributed by atoms with E-state index in [0.29, 0.717) is 0 Å². The van der Waals surface area contributed by atoms with E-state index in [9.17, 15) is 0 Å². The maximum Gasteiger partial charge on any atom is 0.0427 e. The van der Waals surface area contributed by atoms with Gasteiger partial charge in [0.05, 0.1) is 0 Å². The fraction of sp³-hybridized carbons (Fsp3) is 0.571. The predicted molar refractivity (Wildman–Crippen MR) is 49.3 cm³/mol. The molecule has 2 heterocycles. The van der Waals surface area contributed by atoms with E-state index in [1.165, 1.54) is 23.5 Å². The quantitative estimate of drug-likeness (QED) is 0.550. The zero-order valence-electron chi connectivity index (χ0n) is 5.67. The molecule has 0 radical (unpaired) electrons. The van der Waals surface area contributed by atoms with Gasteiger partial charge in [-0.15, -0.1) is 24.2 Å². The lowest BCUT2D eigenvalue weighted by Gasteiger charge is -2.04. The van der Waals surface area contributed by atoms with Gasteiger partial charge in [-0.05, 0) is 12.8 Å². The minimum absolute atomic E-state index is 0. The first-order chi connectivity index (χ1) is 4.47. The highest BCUT2D eigenvalue weighted by Crippen LogP contribution is 2.33. The van der Waals surface area contributed by atoms with Crippen LogP contribution >= 0.6 is 24.2 Å². The van der Waals surface area contributed by atoms with Gasteiger partial charge in [-0.3, -0.25) is 4.99 Å². The molecular weight excluding hydrogens is 166 g/mol. The van der Waals surface area contributed by atoms with Crippen molar-refractivity contribution >= 4 is 30.4 Å². The van der Waals surface area contributed by atoms with E-state index in [4.69, 9.17) is 0 Å². The fourth-order valence-electron chi connectivity index (χ4n) is 1.23. The molecule has 0 aromatic heterocycles. The number of nitrogens with zero attached hydrogens (tertiary/aromatic N) is 1. The Kier molecular flexibility index (Phi) is 2.81. The van der Waals surface area contributed by atoms with E-state index in [0.717, 1.165) is 6.54 Å². The van der Waals surface area contributed by atoms with E-state index in [2.05, 4.69) is 4.99 Å². The highest BCUT2D eigenvalue weighted by Gasteiger charge is 2.14. The highest BCUT2D eigenvalue weighted by molar-refractivity contribution is 8.04. The van der Waals surface area contributed by atoms with E-state index >= 15 is 0 Å². The molecule has 0 aliphatic carbocycles. The van der Waals surface area contributed by atoms with Crippen molar-refractivity contribution in [3.8, 4) is 0 Å². The average molecular weight is 176 g/mol. The molecule has 2 rings (SSSR count). The van der Waals surface area contributed by atoms with Crippen LogP contribution in [-0.4, -0.2) is 18.5 Å². The topological polar surface area (TPSA) is 12.4 Å². The van der Waals surface area contributed by atoms with Crippen LogP contribution in [0.1, 0.15) is 12.8 Å². The third kappa shape index (κ3) is 1.38. The highest BCUT2D eigenvalue weighted by atomic mass is 35.5. The summed E-state index contributed by atoms with van der Waals surface area (Å²) in [4.78, 5) is 5.68. The van der Waals surface area contributed by atoms with Gasteiger partial charge in [0.2, 0.25) is 0 Å². The van der Waals surface area contributed by atoms with E-state index in [-0.39, 0.29) is 12.4 Å². The van der Waals surface area contributed by atoms with Crippen LogP contribution in [0.5, 0.6) is 0 Å². The van der Waals surface area contributed by atoms with Gasteiger partial charge < -0.3 is 0 Å². The van der Waals surface area contributed by atoms with Gasteiger partial charge in [0.15, 0.2) is 0 Å². The molecule has 10 heavy (non-hydrogen) atoms. The number of rotatable bonds is 0. The van der Waals surface area contributed by atoms with Crippen molar-refractivity contribution in [3.63, 3.8) is 0 Å². The Morgan fingerprint density at radius 2 is 2.30 bits per heavy atom.